The summed E-state index contributed by atoms with van der Waals surface area (Å²) in [5.74, 6) is 0.719. The molecule has 1 fully saturated rings. The van der Waals surface area contributed by atoms with Gasteiger partial charge in [0.1, 0.15) is 11.2 Å². The van der Waals surface area contributed by atoms with Crippen molar-refractivity contribution < 1.29 is 4.42 Å². The minimum atomic E-state index is -0.123. The van der Waals surface area contributed by atoms with E-state index in [0.717, 1.165) is 60.2 Å². The zero-order chi connectivity index (χ0) is 39.0. The first kappa shape index (κ1) is 33.6. The monoisotopic (exact) mass is 776 g/mol. The summed E-state index contributed by atoms with van der Waals surface area (Å²) in [7, 11) is 0. The Hall–Kier alpha value is -6.36. The Balaban J connectivity index is 0.938. The van der Waals surface area contributed by atoms with Gasteiger partial charge in [0.25, 0.3) is 0 Å². The van der Waals surface area contributed by atoms with E-state index in [4.69, 9.17) is 14.4 Å². The van der Waals surface area contributed by atoms with Crippen molar-refractivity contribution in [2.75, 3.05) is 0 Å². The third kappa shape index (κ3) is 4.64. The summed E-state index contributed by atoms with van der Waals surface area (Å²) in [6.45, 7) is 4.84. The molecule has 7 aromatic carbocycles. The van der Waals surface area contributed by atoms with E-state index in [2.05, 4.69) is 141 Å². The summed E-state index contributed by atoms with van der Waals surface area (Å²) >= 11 is 1.75. The minimum Gasteiger partial charge on any atom is -0.455 e. The van der Waals surface area contributed by atoms with Gasteiger partial charge in [-0.3, -0.25) is 0 Å². The molecule has 0 bridgehead atoms. The van der Waals surface area contributed by atoms with Crippen molar-refractivity contribution in [1.82, 2.24) is 9.97 Å². The van der Waals surface area contributed by atoms with Crippen LogP contribution < -0.4 is 0 Å². The van der Waals surface area contributed by atoms with Gasteiger partial charge in [0.05, 0.1) is 15.9 Å². The maximum Gasteiger partial charge on any atom is 0.160 e. The Kier molecular flexibility index (Phi) is 6.89. The number of thiophene rings is 1. The quantitative estimate of drug-likeness (QED) is 0.179. The van der Waals surface area contributed by atoms with Crippen molar-refractivity contribution in [2.45, 2.75) is 56.8 Å². The molecule has 1 spiro atoms. The molecule has 1 saturated carbocycles. The molecule has 282 valence electrons. The van der Waals surface area contributed by atoms with E-state index in [1.165, 1.54) is 81.3 Å². The predicted molar refractivity (Wildman–Crippen MR) is 245 cm³/mol. The Bertz CT molecular complexity index is 3400. The number of hydrogen-bond donors (Lipinski definition) is 0. The van der Waals surface area contributed by atoms with Crippen LogP contribution in [0.4, 0.5) is 0 Å². The first-order valence-corrected chi connectivity index (χ1v) is 21.9. The number of nitrogens with zero attached hydrogens (tertiary/aromatic N) is 2. The van der Waals surface area contributed by atoms with Crippen molar-refractivity contribution in [2.24, 2.45) is 0 Å². The first-order chi connectivity index (χ1) is 29.0. The first-order valence-electron chi connectivity index (χ1n) is 21.1. The zero-order valence-electron chi connectivity index (χ0n) is 33.1. The van der Waals surface area contributed by atoms with E-state index in [0.29, 0.717) is 0 Å². The van der Waals surface area contributed by atoms with Gasteiger partial charge in [-0.05, 0) is 111 Å². The molecule has 4 heteroatoms. The second-order valence-corrected chi connectivity index (χ2v) is 18.6. The van der Waals surface area contributed by atoms with Gasteiger partial charge in [-0.2, -0.15) is 0 Å². The summed E-state index contributed by atoms with van der Waals surface area (Å²) < 4.78 is 9.08. The molecule has 0 aliphatic heterocycles. The molecular formula is C55H40N2OS. The van der Waals surface area contributed by atoms with Crippen molar-refractivity contribution in [1.29, 1.82) is 0 Å². The Labute approximate surface area is 347 Å². The van der Waals surface area contributed by atoms with Crippen molar-refractivity contribution in [3.8, 4) is 56.0 Å². The zero-order valence-corrected chi connectivity index (χ0v) is 33.9. The largest absolute Gasteiger partial charge is 0.455 e. The number of furan rings is 1. The molecule has 0 atom stereocenters. The summed E-state index contributed by atoms with van der Waals surface area (Å²) in [5.41, 5.74) is 19.7. The van der Waals surface area contributed by atoms with Gasteiger partial charge in [-0.25, -0.2) is 9.97 Å². The molecule has 13 rings (SSSR count). The fraction of sp³-hybridized carbons (Fsp3) is 0.164. The van der Waals surface area contributed by atoms with Crippen molar-refractivity contribution in [3.63, 3.8) is 0 Å². The molecule has 3 heterocycles. The second kappa shape index (κ2) is 12.1. The molecule has 3 aliphatic rings. The Morgan fingerprint density at radius 2 is 1.20 bits per heavy atom. The summed E-state index contributed by atoms with van der Waals surface area (Å²) in [5, 5.41) is 3.35. The maximum atomic E-state index is 6.80. The predicted octanol–water partition coefficient (Wildman–Crippen LogP) is 15.3. The van der Waals surface area contributed by atoms with E-state index >= 15 is 0 Å². The lowest BCUT2D eigenvalue weighted by atomic mass is 9.67. The molecule has 0 unspecified atom stereocenters. The van der Waals surface area contributed by atoms with Gasteiger partial charge in [0, 0.05) is 42.8 Å². The molecule has 3 nitrogen and oxygen atoms in total. The fourth-order valence-corrected chi connectivity index (χ4v) is 12.4. The number of benzene rings is 7. The van der Waals surface area contributed by atoms with Crippen LogP contribution in [0.5, 0.6) is 0 Å². The third-order valence-corrected chi connectivity index (χ3v) is 15.3. The molecule has 3 aliphatic carbocycles. The SMILES string of the molecule is CC1(C)c2cc(-c3ccc4oc5c(-c6nc(-c7ccccc7)nc7c6sc6ccccc67)cccc5c4c3)ccc2-c2cc3c(cc21)-c1ccccc1C31CCCCC1. The topological polar surface area (TPSA) is 38.9 Å². The van der Waals surface area contributed by atoms with Crippen molar-refractivity contribution >= 4 is 53.6 Å². The lowest BCUT2D eigenvalue weighted by molar-refractivity contribution is 0.353. The van der Waals surface area contributed by atoms with Crippen LogP contribution in [0.3, 0.4) is 0 Å². The standard InChI is InChI=1S/C55H40N2OS/c1-54(2)44-29-34(22-24-36(44)40-31-46-41(30-45(40)54)35-16-7-9-20-43(35)55(46)26-11-4-12-27-55)33-23-25-47-42(28-33)37-18-13-19-39(51(37)58-47)50-52-49(38-17-8-10-21-48(38)59-52)56-53(57-50)32-14-5-3-6-15-32/h3,5-10,13-25,28-31H,4,11-12,26-27H2,1-2H3. The van der Waals surface area contributed by atoms with Gasteiger partial charge in [-0.15, -0.1) is 11.3 Å². The van der Waals surface area contributed by atoms with Crippen LogP contribution in [0.2, 0.25) is 0 Å². The number of hydrogen-bond acceptors (Lipinski definition) is 4. The highest BCUT2D eigenvalue weighted by Crippen LogP contribution is 2.60. The number of fused-ring (bicyclic) bond motifs is 14. The average molecular weight is 777 g/mol. The normalized spacial score (nSPS) is 15.9. The van der Waals surface area contributed by atoms with E-state index in [9.17, 15) is 0 Å². The highest BCUT2D eigenvalue weighted by atomic mass is 32.1. The van der Waals surface area contributed by atoms with E-state index in [1.807, 2.05) is 18.2 Å². The van der Waals surface area contributed by atoms with E-state index in [1.54, 1.807) is 22.5 Å². The molecule has 59 heavy (non-hydrogen) atoms. The molecule has 0 saturated heterocycles. The summed E-state index contributed by atoms with van der Waals surface area (Å²) in [6.07, 6.45) is 6.46. The molecule has 10 aromatic rings. The Morgan fingerprint density at radius 1 is 0.508 bits per heavy atom. The highest BCUT2D eigenvalue weighted by molar-refractivity contribution is 7.26. The van der Waals surface area contributed by atoms with Crippen LogP contribution in [-0.4, -0.2) is 9.97 Å². The molecule has 0 amide bonds. The minimum absolute atomic E-state index is 0.123. The van der Waals surface area contributed by atoms with Crippen LogP contribution in [0.15, 0.2) is 150 Å². The number of aromatic nitrogens is 2. The number of para-hydroxylation sites is 1. The van der Waals surface area contributed by atoms with Crippen LogP contribution in [0.1, 0.15) is 68.2 Å². The van der Waals surface area contributed by atoms with Crippen LogP contribution >= 0.6 is 11.3 Å². The van der Waals surface area contributed by atoms with Gasteiger partial charge >= 0.3 is 0 Å². The Morgan fingerprint density at radius 3 is 2.10 bits per heavy atom. The summed E-state index contributed by atoms with van der Waals surface area (Å²) in [4.78, 5) is 10.4. The molecule has 0 radical (unpaired) electrons. The molecule has 0 N–H and O–H groups in total. The number of rotatable bonds is 3. The van der Waals surface area contributed by atoms with Crippen LogP contribution in [-0.2, 0) is 10.8 Å². The molecular weight excluding hydrogens is 737 g/mol. The van der Waals surface area contributed by atoms with Gasteiger partial charge < -0.3 is 4.42 Å². The third-order valence-electron chi connectivity index (χ3n) is 14.1. The van der Waals surface area contributed by atoms with Gasteiger partial charge in [0.2, 0.25) is 0 Å². The lowest BCUT2D eigenvalue weighted by Crippen LogP contribution is -2.28. The summed E-state index contributed by atoms with van der Waals surface area (Å²) in [6, 6.07) is 53.6. The fourth-order valence-electron chi connectivity index (χ4n) is 11.2. The maximum absolute atomic E-state index is 6.80. The molecule has 3 aromatic heterocycles. The average Bonchev–Trinajstić information content (AvgIpc) is 3.99. The smallest absolute Gasteiger partial charge is 0.160 e. The van der Waals surface area contributed by atoms with Crippen molar-refractivity contribution in [3.05, 3.63) is 168 Å². The van der Waals surface area contributed by atoms with Crippen LogP contribution in [0, 0.1) is 0 Å². The second-order valence-electron chi connectivity index (χ2n) is 17.6. The van der Waals surface area contributed by atoms with E-state index < -0.39 is 0 Å². The lowest BCUT2D eigenvalue weighted by Gasteiger charge is -2.36. The van der Waals surface area contributed by atoms with E-state index in [-0.39, 0.29) is 10.8 Å². The van der Waals surface area contributed by atoms with Crippen LogP contribution in [0.25, 0.3) is 98.3 Å². The van der Waals surface area contributed by atoms with Gasteiger partial charge in [-0.1, -0.05) is 136 Å². The van der Waals surface area contributed by atoms with Gasteiger partial charge in [0.15, 0.2) is 5.82 Å². The highest BCUT2D eigenvalue weighted by Gasteiger charge is 2.46.